The molecule has 0 unspecified atom stereocenters. The van der Waals surface area contributed by atoms with Crippen LogP contribution in [0.5, 0.6) is 11.5 Å². The fourth-order valence-corrected chi connectivity index (χ4v) is 3.11. The number of pyridine rings is 1. The fourth-order valence-electron chi connectivity index (χ4n) is 3.11. The van der Waals surface area contributed by atoms with Gasteiger partial charge in [-0.1, -0.05) is 18.2 Å². The molecule has 0 saturated heterocycles. The van der Waals surface area contributed by atoms with Crippen LogP contribution in [0.25, 0.3) is 10.9 Å². The van der Waals surface area contributed by atoms with E-state index >= 15 is 0 Å². The quantitative estimate of drug-likeness (QED) is 0.667. The van der Waals surface area contributed by atoms with Crippen molar-refractivity contribution in [3.05, 3.63) is 60.3 Å². The van der Waals surface area contributed by atoms with Crippen LogP contribution in [-0.4, -0.2) is 44.1 Å². The SMILES string of the molecule is COc1ccc(C(=O)NCCN(C(C)=O)c2cccc3cccnc23)cc1OC. The molecule has 0 spiro atoms. The highest BCUT2D eigenvalue weighted by Crippen LogP contribution is 2.27. The van der Waals surface area contributed by atoms with Crippen LogP contribution < -0.4 is 19.7 Å². The molecule has 7 nitrogen and oxygen atoms in total. The Morgan fingerprint density at radius 1 is 1.03 bits per heavy atom. The normalized spacial score (nSPS) is 10.4. The Kier molecular flexibility index (Phi) is 6.29. The van der Waals surface area contributed by atoms with Gasteiger partial charge in [0.25, 0.3) is 5.91 Å². The first kappa shape index (κ1) is 20.1. The van der Waals surface area contributed by atoms with E-state index in [4.69, 9.17) is 9.47 Å². The van der Waals surface area contributed by atoms with Crippen molar-refractivity contribution in [3.63, 3.8) is 0 Å². The summed E-state index contributed by atoms with van der Waals surface area (Å²) in [5.74, 6) is 0.650. The van der Waals surface area contributed by atoms with Gasteiger partial charge in [-0.2, -0.15) is 0 Å². The number of nitrogens with one attached hydrogen (secondary N) is 1. The van der Waals surface area contributed by atoms with Crippen LogP contribution in [0.2, 0.25) is 0 Å². The number of carbonyl (C=O) groups excluding carboxylic acids is 2. The average molecular weight is 393 g/mol. The second-order valence-corrected chi connectivity index (χ2v) is 6.35. The second-order valence-electron chi connectivity index (χ2n) is 6.35. The van der Waals surface area contributed by atoms with Crippen molar-refractivity contribution >= 4 is 28.4 Å². The lowest BCUT2D eigenvalue weighted by Crippen LogP contribution is -2.37. The molecule has 150 valence electrons. The first-order valence-electron chi connectivity index (χ1n) is 9.17. The van der Waals surface area contributed by atoms with Crippen molar-refractivity contribution in [2.45, 2.75) is 6.92 Å². The molecule has 3 aromatic rings. The van der Waals surface area contributed by atoms with Gasteiger partial charge in [0.2, 0.25) is 5.91 Å². The van der Waals surface area contributed by atoms with Gasteiger partial charge in [0, 0.05) is 37.2 Å². The van der Waals surface area contributed by atoms with Crippen LogP contribution in [0.4, 0.5) is 5.69 Å². The fraction of sp³-hybridized carbons (Fsp3) is 0.227. The Bertz CT molecular complexity index is 1030. The Morgan fingerprint density at radius 3 is 2.52 bits per heavy atom. The second kappa shape index (κ2) is 9.05. The number of aromatic nitrogens is 1. The molecule has 0 radical (unpaired) electrons. The molecule has 1 heterocycles. The van der Waals surface area contributed by atoms with Crippen molar-refractivity contribution < 1.29 is 19.1 Å². The standard InChI is InChI=1S/C22H23N3O4/c1-15(26)25(18-8-4-6-16-7-5-11-23-21(16)18)13-12-24-22(27)17-9-10-19(28-2)20(14-17)29-3/h4-11,14H,12-13H2,1-3H3,(H,24,27). The van der Waals surface area contributed by atoms with E-state index in [0.717, 1.165) is 16.6 Å². The molecule has 0 aliphatic carbocycles. The predicted molar refractivity (Wildman–Crippen MR) is 112 cm³/mol. The minimum absolute atomic E-state index is 0.122. The highest BCUT2D eigenvalue weighted by atomic mass is 16.5. The molecule has 0 saturated carbocycles. The number of nitrogens with zero attached hydrogens (tertiary/aromatic N) is 2. The van der Waals surface area contributed by atoms with Gasteiger partial charge in [-0.05, 0) is 30.3 Å². The summed E-state index contributed by atoms with van der Waals surface area (Å²) in [6.07, 6.45) is 1.70. The molecule has 1 N–H and O–H groups in total. The zero-order valence-electron chi connectivity index (χ0n) is 16.6. The van der Waals surface area contributed by atoms with Gasteiger partial charge in [-0.25, -0.2) is 0 Å². The minimum Gasteiger partial charge on any atom is -0.493 e. The molecule has 2 amide bonds. The van der Waals surface area contributed by atoms with Gasteiger partial charge < -0.3 is 19.7 Å². The number of hydrogen-bond donors (Lipinski definition) is 1. The number of hydrogen-bond acceptors (Lipinski definition) is 5. The summed E-state index contributed by atoms with van der Waals surface area (Å²) in [6.45, 7) is 2.11. The van der Waals surface area contributed by atoms with E-state index in [0.29, 0.717) is 23.6 Å². The van der Waals surface area contributed by atoms with Crippen molar-refractivity contribution in [2.75, 3.05) is 32.2 Å². The molecular weight excluding hydrogens is 370 g/mol. The lowest BCUT2D eigenvalue weighted by molar-refractivity contribution is -0.116. The van der Waals surface area contributed by atoms with E-state index < -0.39 is 0 Å². The van der Waals surface area contributed by atoms with E-state index in [9.17, 15) is 9.59 Å². The summed E-state index contributed by atoms with van der Waals surface area (Å²) in [7, 11) is 3.05. The predicted octanol–water partition coefficient (Wildman–Crippen LogP) is 3.03. The number of benzene rings is 2. The molecule has 3 rings (SSSR count). The van der Waals surface area contributed by atoms with Crippen LogP contribution in [0, 0.1) is 0 Å². The van der Waals surface area contributed by atoms with Crippen LogP contribution in [0.3, 0.4) is 0 Å². The lowest BCUT2D eigenvalue weighted by atomic mass is 10.1. The monoisotopic (exact) mass is 393 g/mol. The summed E-state index contributed by atoms with van der Waals surface area (Å²) >= 11 is 0. The molecule has 29 heavy (non-hydrogen) atoms. The summed E-state index contributed by atoms with van der Waals surface area (Å²) in [4.78, 5) is 30.8. The maximum Gasteiger partial charge on any atom is 0.251 e. The number of ether oxygens (including phenoxy) is 2. The Balaban J connectivity index is 1.72. The molecule has 0 atom stereocenters. The van der Waals surface area contributed by atoms with E-state index in [1.54, 1.807) is 29.3 Å². The zero-order chi connectivity index (χ0) is 20.8. The molecular formula is C22H23N3O4. The highest BCUT2D eigenvalue weighted by Gasteiger charge is 2.16. The van der Waals surface area contributed by atoms with E-state index in [1.165, 1.54) is 21.1 Å². The van der Waals surface area contributed by atoms with Gasteiger partial charge in [-0.3, -0.25) is 14.6 Å². The number of amides is 2. The summed E-state index contributed by atoms with van der Waals surface area (Å²) in [6, 6.07) is 14.4. The van der Waals surface area contributed by atoms with Gasteiger partial charge in [0.1, 0.15) is 0 Å². The first-order chi connectivity index (χ1) is 14.0. The smallest absolute Gasteiger partial charge is 0.251 e. The lowest BCUT2D eigenvalue weighted by Gasteiger charge is -2.22. The number of anilines is 1. The van der Waals surface area contributed by atoms with Crippen LogP contribution in [0.1, 0.15) is 17.3 Å². The highest BCUT2D eigenvalue weighted by molar-refractivity contribution is 6.01. The Labute approximate surface area is 169 Å². The van der Waals surface area contributed by atoms with E-state index in [1.807, 2.05) is 30.3 Å². The molecule has 7 heteroatoms. The molecule has 0 aliphatic rings. The van der Waals surface area contributed by atoms with Gasteiger partial charge >= 0.3 is 0 Å². The van der Waals surface area contributed by atoms with E-state index in [2.05, 4.69) is 10.3 Å². The number of rotatable bonds is 7. The van der Waals surface area contributed by atoms with Crippen molar-refractivity contribution in [2.24, 2.45) is 0 Å². The molecule has 0 fully saturated rings. The summed E-state index contributed by atoms with van der Waals surface area (Å²) in [5, 5.41) is 3.79. The van der Waals surface area contributed by atoms with E-state index in [-0.39, 0.29) is 18.4 Å². The van der Waals surface area contributed by atoms with Gasteiger partial charge in [0.05, 0.1) is 25.4 Å². The van der Waals surface area contributed by atoms with Crippen molar-refractivity contribution in [3.8, 4) is 11.5 Å². The van der Waals surface area contributed by atoms with Crippen molar-refractivity contribution in [1.82, 2.24) is 10.3 Å². The van der Waals surface area contributed by atoms with Gasteiger partial charge in [-0.15, -0.1) is 0 Å². The molecule has 0 bridgehead atoms. The Hall–Kier alpha value is -3.61. The van der Waals surface area contributed by atoms with Crippen LogP contribution >= 0.6 is 0 Å². The van der Waals surface area contributed by atoms with Crippen molar-refractivity contribution in [1.29, 1.82) is 0 Å². The third kappa shape index (κ3) is 4.45. The molecule has 0 aliphatic heterocycles. The van der Waals surface area contributed by atoms with Crippen LogP contribution in [-0.2, 0) is 4.79 Å². The average Bonchev–Trinajstić information content (AvgIpc) is 2.75. The first-order valence-corrected chi connectivity index (χ1v) is 9.17. The third-order valence-electron chi connectivity index (χ3n) is 4.55. The van der Waals surface area contributed by atoms with Crippen LogP contribution in [0.15, 0.2) is 54.7 Å². The number of fused-ring (bicyclic) bond motifs is 1. The Morgan fingerprint density at radius 2 is 1.79 bits per heavy atom. The largest absolute Gasteiger partial charge is 0.493 e. The summed E-state index contributed by atoms with van der Waals surface area (Å²) in [5.41, 5.74) is 1.91. The summed E-state index contributed by atoms with van der Waals surface area (Å²) < 4.78 is 10.4. The molecule has 1 aromatic heterocycles. The minimum atomic E-state index is -0.259. The number of carbonyl (C=O) groups is 2. The maximum atomic E-state index is 12.5. The molecule has 2 aromatic carbocycles. The maximum absolute atomic E-state index is 12.5. The number of para-hydroxylation sites is 1. The zero-order valence-corrected chi connectivity index (χ0v) is 16.6. The van der Waals surface area contributed by atoms with Gasteiger partial charge in [0.15, 0.2) is 11.5 Å². The third-order valence-corrected chi connectivity index (χ3v) is 4.55. The number of methoxy groups -OCH3 is 2. The topological polar surface area (TPSA) is 80.8 Å².